The van der Waals surface area contributed by atoms with Crippen molar-refractivity contribution in [2.75, 3.05) is 31.1 Å². The number of hydrogen-bond acceptors (Lipinski definition) is 3. The molecule has 2 bridgehead atoms. The van der Waals surface area contributed by atoms with Gasteiger partial charge in [-0.3, -0.25) is 4.90 Å². The predicted molar refractivity (Wildman–Crippen MR) is 134 cm³/mol. The van der Waals surface area contributed by atoms with Crippen LogP contribution in [0.15, 0.2) is 54.6 Å². The van der Waals surface area contributed by atoms with Gasteiger partial charge in [0, 0.05) is 54.0 Å². The van der Waals surface area contributed by atoms with E-state index >= 15 is 0 Å². The number of fused-ring (bicyclic) bond motifs is 5. The van der Waals surface area contributed by atoms with Crippen LogP contribution in [0.5, 0.6) is 5.75 Å². The molecule has 168 valence electrons. The minimum absolute atomic E-state index is 0.442. The van der Waals surface area contributed by atoms with Gasteiger partial charge in [0.2, 0.25) is 0 Å². The lowest BCUT2D eigenvalue weighted by Gasteiger charge is -2.48. The fraction of sp³-hybridized carbons (Fsp3) is 0.385. The summed E-state index contributed by atoms with van der Waals surface area (Å²) in [5.74, 6) is 0.967. The second-order valence-electron chi connectivity index (χ2n) is 8.87. The number of benzene rings is 2. The number of aromatic nitrogens is 1. The van der Waals surface area contributed by atoms with Gasteiger partial charge < -0.3 is 14.6 Å². The van der Waals surface area contributed by atoms with Gasteiger partial charge in [-0.25, -0.2) is 0 Å². The molecule has 6 rings (SSSR count). The molecule has 32 heavy (non-hydrogen) atoms. The van der Waals surface area contributed by atoms with E-state index in [1.807, 2.05) is 12.1 Å². The summed E-state index contributed by atoms with van der Waals surface area (Å²) in [5, 5.41) is 2.40. The van der Waals surface area contributed by atoms with Crippen molar-refractivity contribution in [3.63, 3.8) is 0 Å². The zero-order valence-electron chi connectivity index (χ0n) is 18.4. The van der Waals surface area contributed by atoms with Crippen LogP contribution in [-0.4, -0.2) is 48.2 Å². The summed E-state index contributed by atoms with van der Waals surface area (Å²) in [6, 6.07) is 15.3. The van der Waals surface area contributed by atoms with Crippen molar-refractivity contribution >= 4 is 39.8 Å². The van der Waals surface area contributed by atoms with E-state index in [2.05, 4.69) is 64.2 Å². The van der Waals surface area contributed by atoms with Gasteiger partial charge in [-0.05, 0) is 62.6 Å². The largest absolute Gasteiger partial charge is 0.493 e. The Labute approximate surface area is 199 Å². The molecule has 1 saturated heterocycles. The number of piperazine rings is 1. The Kier molecular flexibility index (Phi) is 6.36. The summed E-state index contributed by atoms with van der Waals surface area (Å²) in [6.07, 6.45) is 7.82. The van der Waals surface area contributed by atoms with E-state index in [0.29, 0.717) is 22.1 Å². The number of nitrogens with zero attached hydrogens (tertiary/aromatic N) is 2. The Morgan fingerprint density at radius 1 is 1.00 bits per heavy atom. The number of aryl methyl sites for hydroxylation is 1. The van der Waals surface area contributed by atoms with Crippen LogP contribution in [0.4, 0.5) is 5.69 Å². The van der Waals surface area contributed by atoms with Crippen molar-refractivity contribution in [2.45, 2.75) is 38.3 Å². The van der Waals surface area contributed by atoms with E-state index < -0.39 is 0 Å². The first-order chi connectivity index (χ1) is 15.6. The van der Waals surface area contributed by atoms with Crippen molar-refractivity contribution in [3.8, 4) is 5.75 Å². The highest BCUT2D eigenvalue weighted by Gasteiger charge is 2.33. The molecule has 0 radical (unpaired) electrons. The molecule has 1 N–H and O–H groups in total. The van der Waals surface area contributed by atoms with Gasteiger partial charge in [-0.15, -0.1) is 0 Å². The molecule has 2 aromatic carbocycles. The molecule has 1 aromatic heterocycles. The van der Waals surface area contributed by atoms with Crippen LogP contribution in [0.25, 0.3) is 10.9 Å². The van der Waals surface area contributed by atoms with Gasteiger partial charge in [-0.2, -0.15) is 0 Å². The van der Waals surface area contributed by atoms with Gasteiger partial charge in [0.15, 0.2) is 0 Å². The summed E-state index contributed by atoms with van der Waals surface area (Å²) in [7, 11) is 0. The van der Waals surface area contributed by atoms with Gasteiger partial charge in [0.05, 0.1) is 16.7 Å². The van der Waals surface area contributed by atoms with Gasteiger partial charge in [-0.1, -0.05) is 41.4 Å². The van der Waals surface area contributed by atoms with Crippen molar-refractivity contribution in [1.29, 1.82) is 0 Å². The zero-order valence-corrected chi connectivity index (χ0v) is 19.9. The van der Waals surface area contributed by atoms with Crippen molar-refractivity contribution in [1.82, 2.24) is 9.88 Å². The van der Waals surface area contributed by atoms with E-state index in [1.165, 1.54) is 5.69 Å². The van der Waals surface area contributed by atoms with Crippen LogP contribution in [0.3, 0.4) is 0 Å². The molecule has 0 amide bonds. The molecule has 4 nitrogen and oxygen atoms in total. The first-order valence-electron chi connectivity index (χ1n) is 11.4. The fourth-order valence-electron chi connectivity index (χ4n) is 5.04. The fourth-order valence-corrected chi connectivity index (χ4v) is 5.33. The first kappa shape index (κ1) is 21.7. The summed E-state index contributed by atoms with van der Waals surface area (Å²) in [5.41, 5.74) is 3.46. The highest BCUT2D eigenvalue weighted by Crippen LogP contribution is 2.33. The first-order valence-corrected chi connectivity index (χ1v) is 12.2. The second kappa shape index (κ2) is 9.38. The Morgan fingerprint density at radius 3 is 2.69 bits per heavy atom. The molecule has 3 aliphatic heterocycles. The van der Waals surface area contributed by atoms with Gasteiger partial charge >= 0.3 is 0 Å². The Balaban J connectivity index is 1.21. The molecular weight excluding hydrogens is 441 g/mol. The number of nitrogens with one attached hydrogen (secondary N) is 1. The molecule has 0 saturated carbocycles. The molecule has 6 heteroatoms. The van der Waals surface area contributed by atoms with Crippen LogP contribution in [0.1, 0.15) is 25.0 Å². The number of rotatable bonds is 6. The van der Waals surface area contributed by atoms with Gasteiger partial charge in [0.1, 0.15) is 5.75 Å². The van der Waals surface area contributed by atoms with E-state index in [4.69, 9.17) is 27.9 Å². The molecule has 3 aliphatic rings. The van der Waals surface area contributed by atoms with E-state index in [1.54, 1.807) is 0 Å². The number of ether oxygens (including phenoxy) is 1. The molecular formula is C26H29Cl2N3O. The third-order valence-corrected chi connectivity index (χ3v) is 7.37. The highest BCUT2D eigenvalue weighted by atomic mass is 35.5. The van der Waals surface area contributed by atoms with Crippen LogP contribution >= 0.6 is 23.2 Å². The van der Waals surface area contributed by atoms with Crippen molar-refractivity contribution in [3.05, 3.63) is 70.4 Å². The van der Waals surface area contributed by atoms with E-state index in [0.717, 1.165) is 67.8 Å². The van der Waals surface area contributed by atoms with E-state index in [9.17, 15) is 0 Å². The Morgan fingerprint density at radius 2 is 1.84 bits per heavy atom. The lowest BCUT2D eigenvalue weighted by atomic mass is 9.96. The van der Waals surface area contributed by atoms with Crippen LogP contribution in [0.2, 0.25) is 10.0 Å². The maximum absolute atomic E-state index is 6.31. The van der Waals surface area contributed by atoms with Crippen molar-refractivity contribution in [2.24, 2.45) is 0 Å². The predicted octanol–water partition coefficient (Wildman–Crippen LogP) is 6.46. The third kappa shape index (κ3) is 4.50. The maximum Gasteiger partial charge on any atom is 0.128 e. The lowest BCUT2D eigenvalue weighted by Crippen LogP contribution is -2.59. The number of anilines is 1. The van der Waals surface area contributed by atoms with E-state index in [-0.39, 0.29) is 0 Å². The van der Waals surface area contributed by atoms with Crippen LogP contribution in [-0.2, 0) is 0 Å². The molecule has 1 unspecified atom stereocenters. The summed E-state index contributed by atoms with van der Waals surface area (Å²) in [4.78, 5) is 8.54. The summed E-state index contributed by atoms with van der Waals surface area (Å²) >= 11 is 12.5. The highest BCUT2D eigenvalue weighted by molar-refractivity contribution is 6.42. The molecule has 2 atom stereocenters. The Hall–Kier alpha value is -2.14. The normalized spacial score (nSPS) is 22.2. The lowest BCUT2D eigenvalue weighted by molar-refractivity contribution is 0.137. The second-order valence-corrected chi connectivity index (χ2v) is 9.68. The number of H-pyrrole nitrogens is 1. The summed E-state index contributed by atoms with van der Waals surface area (Å²) in [6.45, 7) is 5.92. The zero-order chi connectivity index (χ0) is 22.1. The molecule has 4 heterocycles. The minimum Gasteiger partial charge on any atom is -0.493 e. The molecule has 0 aliphatic carbocycles. The maximum atomic E-state index is 6.31. The number of aromatic amines is 1. The topological polar surface area (TPSA) is 31.5 Å². The molecule has 1 fully saturated rings. The molecule has 3 aromatic rings. The van der Waals surface area contributed by atoms with Crippen LogP contribution in [0, 0.1) is 6.92 Å². The SMILES string of the molecule is Cc1cc2c(OCCCN3C[C@@H]4C/C=C\CC3CN4c3ccc(Cl)c(Cl)c3)cccc2[nH]1. The average molecular weight is 470 g/mol. The number of halogens is 2. The van der Waals surface area contributed by atoms with Gasteiger partial charge in [0.25, 0.3) is 0 Å². The van der Waals surface area contributed by atoms with Crippen molar-refractivity contribution < 1.29 is 4.74 Å². The summed E-state index contributed by atoms with van der Waals surface area (Å²) < 4.78 is 6.18. The monoisotopic (exact) mass is 469 g/mol. The van der Waals surface area contributed by atoms with Crippen LogP contribution < -0.4 is 9.64 Å². The standard InChI is InChI=1S/C26H29Cl2N3O/c1-18-14-22-25(29-18)8-4-9-26(22)32-13-5-12-30-16-21-7-3-2-6-20(30)17-31(21)19-10-11-23(27)24(28)15-19/h2-4,8-11,14-15,20-21,29H,5-7,12-13,16-17H2,1H3/b3-2-/t20?,21-/m0/s1. The Bertz CT molecular complexity index is 1130. The number of hydrogen-bond donors (Lipinski definition) is 1. The third-order valence-electron chi connectivity index (χ3n) is 6.63. The molecule has 0 spiro atoms. The quantitative estimate of drug-likeness (QED) is 0.331. The minimum atomic E-state index is 0.442. The smallest absolute Gasteiger partial charge is 0.128 e. The average Bonchev–Trinajstić information content (AvgIpc) is 3.15.